The lowest BCUT2D eigenvalue weighted by Crippen LogP contribution is -2.62. The number of thioether (sulfide) groups is 1. The molecule has 0 radical (unpaired) electrons. The van der Waals surface area contributed by atoms with Gasteiger partial charge in [0.25, 0.3) is 0 Å². The van der Waals surface area contributed by atoms with Crippen LogP contribution in [0.1, 0.15) is 162 Å². The van der Waals surface area contributed by atoms with E-state index in [0.29, 0.717) is 57.1 Å². The van der Waals surface area contributed by atoms with Crippen LogP contribution in [-0.2, 0) is 63.8 Å². The highest BCUT2D eigenvalue weighted by Gasteiger charge is 2.47. The van der Waals surface area contributed by atoms with Crippen LogP contribution < -0.4 is 37.6 Å². The van der Waals surface area contributed by atoms with Gasteiger partial charge >= 0.3 is 12.1 Å². The summed E-state index contributed by atoms with van der Waals surface area (Å²) in [7, 11) is 0. The van der Waals surface area contributed by atoms with Gasteiger partial charge in [0, 0.05) is 38.4 Å². The molecule has 4 aromatic rings. The number of ether oxygens (including phenoxy) is 2. The molecule has 3 saturated heterocycles. The Balaban J connectivity index is 1.11. The van der Waals surface area contributed by atoms with Crippen LogP contribution in [0.25, 0.3) is 0 Å². The fraction of sp³-hybridized carbons (Fsp3) is 0.553. The Morgan fingerprint density at radius 2 is 1.03 bits per heavy atom. The molecule has 3 fully saturated rings. The minimum absolute atomic E-state index is 0.0157. The second kappa shape index (κ2) is 36.8. The molecular formula is C76H106N10O13S. The fourth-order valence-corrected chi connectivity index (χ4v) is 14.6. The number of amides is 9. The van der Waals surface area contributed by atoms with Crippen LogP contribution >= 0.6 is 11.8 Å². The van der Waals surface area contributed by atoms with E-state index in [1.807, 2.05) is 130 Å². The molecule has 9 N–H and O–H groups in total. The highest BCUT2D eigenvalue weighted by molar-refractivity contribution is 8.00. The quantitative estimate of drug-likeness (QED) is 0.0171. The number of nitrogens with zero attached hydrogens (tertiary/aromatic N) is 3. The van der Waals surface area contributed by atoms with Crippen molar-refractivity contribution >= 4 is 71.1 Å². The van der Waals surface area contributed by atoms with E-state index in [2.05, 4.69) is 31.9 Å². The van der Waals surface area contributed by atoms with E-state index in [-0.39, 0.29) is 64.1 Å². The van der Waals surface area contributed by atoms with Crippen molar-refractivity contribution < 1.29 is 62.5 Å². The normalized spacial score (nSPS) is 18.8. The number of likely N-dealkylation sites (tertiary alicyclic amines) is 3. The summed E-state index contributed by atoms with van der Waals surface area (Å²) in [6, 6.07) is 28.0. The molecule has 0 aromatic heterocycles. The Morgan fingerprint density at radius 1 is 0.550 bits per heavy atom. The number of alkyl carbamates (subject to hydrolysis) is 1. The molecule has 0 spiro atoms. The second-order valence-corrected chi connectivity index (χ2v) is 29.8. The van der Waals surface area contributed by atoms with Crippen LogP contribution in [0.15, 0.2) is 121 Å². The van der Waals surface area contributed by atoms with Crippen LogP contribution in [0.3, 0.4) is 0 Å². The number of nitrogens with one attached hydrogen (secondary N) is 6. The van der Waals surface area contributed by atoms with Crippen molar-refractivity contribution in [2.45, 2.75) is 217 Å². The lowest BCUT2D eigenvalue weighted by molar-refractivity contribution is -0.149. The minimum Gasteiger partial charge on any atom is -0.480 e. The summed E-state index contributed by atoms with van der Waals surface area (Å²) in [5.41, 5.74) is 8.32. The van der Waals surface area contributed by atoms with Crippen molar-refractivity contribution in [1.82, 2.24) is 46.6 Å². The number of hydrogen-bond donors (Lipinski definition) is 8. The number of aliphatic carboxylic acids is 1. The van der Waals surface area contributed by atoms with E-state index in [1.165, 1.54) is 26.5 Å². The second-order valence-electron chi connectivity index (χ2n) is 28.6. The predicted molar refractivity (Wildman–Crippen MR) is 384 cm³/mol. The first-order valence-electron chi connectivity index (χ1n) is 35.4. The predicted octanol–water partition coefficient (Wildman–Crippen LogP) is 7.37. The molecule has 3 heterocycles. The highest BCUT2D eigenvalue weighted by atomic mass is 32.2. The Bertz CT molecular complexity index is 3300. The largest absolute Gasteiger partial charge is 0.480 e. The van der Waals surface area contributed by atoms with Crippen LogP contribution in [0.5, 0.6) is 0 Å². The number of carboxylic acids is 1. The van der Waals surface area contributed by atoms with Gasteiger partial charge in [0.1, 0.15) is 53.9 Å². The Hall–Kier alpha value is -8.35. The van der Waals surface area contributed by atoms with Crippen molar-refractivity contribution in [2.75, 3.05) is 38.5 Å². The van der Waals surface area contributed by atoms with E-state index in [1.54, 1.807) is 60.6 Å². The van der Waals surface area contributed by atoms with Gasteiger partial charge in [-0.3, -0.25) is 38.4 Å². The molecule has 24 heteroatoms. The maximum absolute atomic E-state index is 15.5. The minimum atomic E-state index is -1.38. The molecule has 7 rings (SSSR count). The molecule has 3 aliphatic rings. The van der Waals surface area contributed by atoms with Gasteiger partial charge in [0.15, 0.2) is 0 Å². The first-order valence-corrected chi connectivity index (χ1v) is 36.4. The SMILES string of the molecule is CC[C@H](C)[C@H](NC(=O)[C@@H]1CCCN1C(=O)[C@@H]1CCCN1C(=O)[C@@H](NC(=O)[C@H](COC(C)(C)C)NC(=O)[C@@H](N)CCCCNC(=O)OC(C)(C)C)[C@@H](C)CC)C(=O)N[C@@H](CSC(c1ccccc1)(c1ccccc1)c1ccccc1)C(=O)N[C@@H](Cc1ccccc1)C(=O)N1CCC[C@H]1C(=O)O. The molecule has 23 nitrogen and oxygen atoms in total. The lowest BCUT2D eigenvalue weighted by atomic mass is 9.84. The Labute approximate surface area is 593 Å². The Kier molecular flexibility index (Phi) is 29.1. The number of nitrogens with two attached hydrogens (primary N) is 1. The number of unbranched alkanes of at least 4 members (excludes halogenated alkanes) is 1. The van der Waals surface area contributed by atoms with Crippen LogP contribution in [0.2, 0.25) is 0 Å². The smallest absolute Gasteiger partial charge is 0.407 e. The number of carbonyl (C=O) groups is 10. The number of carboxylic acid groups (broad SMARTS) is 1. The van der Waals surface area contributed by atoms with E-state index < -0.39 is 141 Å². The van der Waals surface area contributed by atoms with Gasteiger partial charge in [-0.15, -0.1) is 11.8 Å². The lowest BCUT2D eigenvalue weighted by Gasteiger charge is -2.37. The van der Waals surface area contributed by atoms with Gasteiger partial charge < -0.3 is 66.9 Å². The third kappa shape index (κ3) is 21.6. The summed E-state index contributed by atoms with van der Waals surface area (Å²) in [6.45, 7) is 18.6. The third-order valence-corrected chi connectivity index (χ3v) is 20.5. The summed E-state index contributed by atoms with van der Waals surface area (Å²) in [5, 5.41) is 27.6. The molecule has 9 amide bonds. The van der Waals surface area contributed by atoms with E-state index in [4.69, 9.17) is 15.2 Å². The molecule has 11 atom stereocenters. The molecule has 0 aliphatic carbocycles. The fourth-order valence-electron chi connectivity index (χ4n) is 13.0. The van der Waals surface area contributed by atoms with E-state index in [0.717, 1.165) is 16.7 Å². The molecule has 3 aliphatic heterocycles. The summed E-state index contributed by atoms with van der Waals surface area (Å²) in [4.78, 5) is 148. The molecule has 0 bridgehead atoms. The number of carbonyl (C=O) groups excluding carboxylic acids is 9. The zero-order chi connectivity index (χ0) is 72.9. The molecule has 0 saturated carbocycles. The maximum Gasteiger partial charge on any atom is 0.407 e. The van der Waals surface area contributed by atoms with Crippen molar-refractivity contribution in [1.29, 1.82) is 0 Å². The average molecular weight is 1400 g/mol. The number of hydrogen-bond acceptors (Lipinski definition) is 14. The van der Waals surface area contributed by atoms with Crippen LogP contribution in [0, 0.1) is 11.8 Å². The molecule has 100 heavy (non-hydrogen) atoms. The van der Waals surface area contributed by atoms with Gasteiger partial charge in [0.2, 0.25) is 47.3 Å². The number of rotatable bonds is 33. The zero-order valence-electron chi connectivity index (χ0n) is 59.8. The summed E-state index contributed by atoms with van der Waals surface area (Å²) >= 11 is 1.41. The van der Waals surface area contributed by atoms with Crippen molar-refractivity contribution in [3.8, 4) is 0 Å². The molecule has 0 unspecified atom stereocenters. The van der Waals surface area contributed by atoms with Crippen molar-refractivity contribution in [3.05, 3.63) is 144 Å². The van der Waals surface area contributed by atoms with Gasteiger partial charge in [-0.1, -0.05) is 162 Å². The highest BCUT2D eigenvalue weighted by Crippen LogP contribution is 2.49. The van der Waals surface area contributed by atoms with Gasteiger partial charge in [-0.05, 0) is 133 Å². The summed E-state index contributed by atoms with van der Waals surface area (Å²) in [5.74, 6) is -7.06. The molecular weight excluding hydrogens is 1290 g/mol. The van der Waals surface area contributed by atoms with Gasteiger partial charge in [-0.2, -0.15) is 0 Å². The van der Waals surface area contributed by atoms with Gasteiger partial charge in [0.05, 0.1) is 23.0 Å². The zero-order valence-corrected chi connectivity index (χ0v) is 60.6. The Morgan fingerprint density at radius 3 is 1.56 bits per heavy atom. The maximum atomic E-state index is 15.5. The van der Waals surface area contributed by atoms with Crippen molar-refractivity contribution in [2.24, 2.45) is 17.6 Å². The first-order chi connectivity index (χ1) is 47.6. The van der Waals surface area contributed by atoms with E-state index >= 15 is 24.0 Å². The van der Waals surface area contributed by atoms with Crippen molar-refractivity contribution in [3.63, 3.8) is 0 Å². The van der Waals surface area contributed by atoms with Crippen LogP contribution in [-0.4, -0.2) is 183 Å². The molecule has 544 valence electrons. The first kappa shape index (κ1) is 79.0. The third-order valence-electron chi connectivity index (χ3n) is 18.9. The monoisotopic (exact) mass is 1400 g/mol. The molecule has 4 aromatic carbocycles. The standard InChI is InChI=1S/C76H106N10O13S/c1-11-49(3)62(68(91)81-58(66(89)79-56(46-51-30-17-13-18-31-51)69(92)86-45-29-41-61(86)72(95)96)48-100-76(52-32-19-14-20-33-52,53-34-21-15-22-35-53)54-36-23-16-24-37-54)82-67(90)59-39-27-43-84(59)70(93)60-40-28-44-85(60)71(94)63(50(4)12-2)83-65(88)57(47-98-74(5,6)7)80-64(87)55(77)38-25-26-42-78-73(97)99-75(8,9)10/h13-24,30-37,49-50,55-63H,11-12,25-29,38-48,77H2,1-10H3,(H,78,97)(H,79,89)(H,80,87)(H,81,91)(H,82,90)(H,83,88)(H,95,96)/t49-,50-,55-,56-,57-,58-,59-,60-,61-,62-,63-/m0/s1. The number of benzene rings is 4. The van der Waals surface area contributed by atoms with E-state index in [9.17, 15) is 29.1 Å². The average Bonchev–Trinajstić information content (AvgIpc) is 0.926. The topological polar surface area (TPSA) is 317 Å². The van der Waals surface area contributed by atoms with Gasteiger partial charge in [-0.25, -0.2) is 9.59 Å². The summed E-state index contributed by atoms with van der Waals surface area (Å²) in [6.07, 6.45) is 3.67. The summed E-state index contributed by atoms with van der Waals surface area (Å²) < 4.78 is 10.3. The van der Waals surface area contributed by atoms with Crippen LogP contribution in [0.4, 0.5) is 4.79 Å².